The highest BCUT2D eigenvalue weighted by molar-refractivity contribution is 6.24. The molecule has 0 aliphatic carbocycles. The van der Waals surface area contributed by atoms with Crippen LogP contribution in [0, 0.1) is 13.8 Å². The number of carboxylic acid groups (broad SMARTS) is 4. The number of aromatic amines is 2. The SMILES string of the molecule is C=Cc1c(C)c2cc3nc(c(CC(=O)O)c4nc(cc5[nH]c(cc1[nH]2)c(C)c5CC)C(C)=C4C(=O)O)C(CCC(=O)N[C@@H](CC(=O)O)C(=O)O)C3C. The Hall–Kier alpha value is -6.05. The van der Waals surface area contributed by atoms with Crippen molar-refractivity contribution in [3.05, 3.63) is 75.4 Å². The molecule has 3 aromatic heterocycles. The van der Waals surface area contributed by atoms with Gasteiger partial charge in [-0.3, -0.25) is 19.4 Å². The second-order valence-electron chi connectivity index (χ2n) is 13.1. The number of amides is 1. The Morgan fingerprint density at radius 3 is 2.17 bits per heavy atom. The second kappa shape index (κ2) is 14.7. The van der Waals surface area contributed by atoms with Crippen LogP contribution < -0.4 is 5.32 Å². The third-order valence-corrected chi connectivity index (χ3v) is 9.97. The Bertz CT molecular complexity index is 2240. The maximum Gasteiger partial charge on any atom is 0.338 e. The number of fused-ring (bicyclic) bond motifs is 8. The molecular weight excluding hydrogens is 670 g/mol. The molecule has 8 bridgehead atoms. The lowest BCUT2D eigenvalue weighted by Crippen LogP contribution is -2.42. The number of H-pyrrole nitrogens is 2. The molecule has 272 valence electrons. The predicted molar refractivity (Wildman–Crippen MR) is 194 cm³/mol. The minimum absolute atomic E-state index is 0.0415. The van der Waals surface area contributed by atoms with E-state index in [9.17, 15) is 39.3 Å². The maximum atomic E-state index is 13.0. The normalized spacial score (nSPS) is 16.0. The van der Waals surface area contributed by atoms with Crippen LogP contribution in [0.15, 0.2) is 24.8 Å². The van der Waals surface area contributed by atoms with Crippen molar-refractivity contribution in [3.8, 4) is 0 Å². The van der Waals surface area contributed by atoms with E-state index in [-0.39, 0.29) is 35.4 Å². The van der Waals surface area contributed by atoms with Gasteiger partial charge in [-0.15, -0.1) is 0 Å². The van der Waals surface area contributed by atoms with Gasteiger partial charge in [-0.2, -0.15) is 0 Å². The van der Waals surface area contributed by atoms with E-state index >= 15 is 0 Å². The molecule has 1 amide bonds. The molecule has 0 saturated carbocycles. The summed E-state index contributed by atoms with van der Waals surface area (Å²) in [6, 6.07) is 3.95. The molecule has 14 nitrogen and oxygen atoms in total. The number of rotatable bonds is 12. The van der Waals surface area contributed by atoms with E-state index in [0.717, 1.165) is 44.3 Å². The molecule has 2 aliphatic heterocycles. The molecule has 52 heavy (non-hydrogen) atoms. The highest BCUT2D eigenvalue weighted by Crippen LogP contribution is 2.43. The first-order valence-corrected chi connectivity index (χ1v) is 16.8. The summed E-state index contributed by atoms with van der Waals surface area (Å²) in [6.07, 6.45) is 0.787. The zero-order chi connectivity index (χ0) is 38.2. The number of carbonyl (C=O) groups is 5. The fraction of sp³-hybridized carbons (Fsp3) is 0.342. The number of nitrogens with one attached hydrogen (secondary N) is 3. The molecule has 5 rings (SSSR count). The molecule has 7 N–H and O–H groups in total. The first-order valence-electron chi connectivity index (χ1n) is 16.8. The summed E-state index contributed by atoms with van der Waals surface area (Å²) in [5, 5.41) is 41.4. The quantitative estimate of drug-likeness (QED) is 0.124. The largest absolute Gasteiger partial charge is 0.481 e. The van der Waals surface area contributed by atoms with Crippen molar-refractivity contribution < 1.29 is 44.4 Å². The van der Waals surface area contributed by atoms with E-state index in [1.807, 2.05) is 39.8 Å². The molecule has 0 saturated heterocycles. The standard InChI is InChI=1S/C38H41N5O9/c1-7-20-16(3)24-12-26-18(5)22(9-10-31(44)41-30(37(49)50)15-33(47)48)35(42-26)23(11-32(45)46)36-34(38(51)52)19(6)27(43-36)14-29-21(8-2)17(4)25(40-29)13-28(20)39-24/h7,12-14,18,22,30,39-40H,1,8-11,15H2,2-6H3,(H,41,44)(H,45,46)(H,47,48)(H,49,50)(H,51,52)/t18?,22?,30-/m0/s1. The molecular formula is C38H41N5O9. The summed E-state index contributed by atoms with van der Waals surface area (Å²) >= 11 is 0. The molecule has 0 spiro atoms. The average Bonchev–Trinajstić information content (AvgIpc) is 3.74. The highest BCUT2D eigenvalue weighted by atomic mass is 16.4. The van der Waals surface area contributed by atoms with Crippen LogP contribution in [-0.2, 0) is 36.8 Å². The van der Waals surface area contributed by atoms with Gasteiger partial charge in [0.25, 0.3) is 0 Å². The third-order valence-electron chi connectivity index (χ3n) is 9.97. The van der Waals surface area contributed by atoms with Gasteiger partial charge in [-0.05, 0) is 74.1 Å². The van der Waals surface area contributed by atoms with Gasteiger partial charge in [0.15, 0.2) is 0 Å². The Morgan fingerprint density at radius 2 is 1.58 bits per heavy atom. The van der Waals surface area contributed by atoms with Crippen molar-refractivity contribution in [3.63, 3.8) is 0 Å². The number of allylic oxidation sites excluding steroid dienone is 1. The van der Waals surface area contributed by atoms with E-state index in [4.69, 9.17) is 15.1 Å². The molecule has 3 aromatic rings. The van der Waals surface area contributed by atoms with Crippen LogP contribution in [0.5, 0.6) is 0 Å². The number of aryl methyl sites for hydroxylation is 3. The van der Waals surface area contributed by atoms with Crippen LogP contribution in [0.2, 0.25) is 0 Å². The first kappa shape index (κ1) is 37.2. The summed E-state index contributed by atoms with van der Waals surface area (Å²) < 4.78 is 0. The van der Waals surface area contributed by atoms with Gasteiger partial charge in [-0.1, -0.05) is 26.5 Å². The average molecular weight is 712 g/mol. The lowest BCUT2D eigenvalue weighted by Gasteiger charge is -2.19. The van der Waals surface area contributed by atoms with Gasteiger partial charge in [0.05, 0.1) is 35.5 Å². The molecule has 2 unspecified atom stereocenters. The van der Waals surface area contributed by atoms with Gasteiger partial charge >= 0.3 is 23.9 Å². The van der Waals surface area contributed by atoms with E-state index in [1.165, 1.54) is 0 Å². The van der Waals surface area contributed by atoms with Crippen molar-refractivity contribution in [1.29, 1.82) is 0 Å². The minimum atomic E-state index is -1.65. The van der Waals surface area contributed by atoms with E-state index in [0.29, 0.717) is 23.4 Å². The van der Waals surface area contributed by atoms with Crippen molar-refractivity contribution in [1.82, 2.24) is 25.3 Å². The van der Waals surface area contributed by atoms with Crippen LogP contribution in [-0.4, -0.2) is 76.2 Å². The van der Waals surface area contributed by atoms with Gasteiger partial charge in [0.1, 0.15) is 6.04 Å². The summed E-state index contributed by atoms with van der Waals surface area (Å²) in [4.78, 5) is 77.8. The Morgan fingerprint density at radius 1 is 0.904 bits per heavy atom. The van der Waals surface area contributed by atoms with E-state index in [2.05, 4.69) is 21.9 Å². The van der Waals surface area contributed by atoms with Gasteiger partial charge in [-0.25, -0.2) is 14.6 Å². The fourth-order valence-corrected chi connectivity index (χ4v) is 7.17. The van der Waals surface area contributed by atoms with Gasteiger partial charge in [0.2, 0.25) is 5.91 Å². The van der Waals surface area contributed by atoms with Crippen LogP contribution in [0.1, 0.15) is 102 Å². The fourth-order valence-electron chi connectivity index (χ4n) is 7.17. The van der Waals surface area contributed by atoms with Gasteiger partial charge in [0, 0.05) is 57.1 Å². The topological polar surface area (TPSA) is 236 Å². The number of nitrogens with zero attached hydrogens (tertiary/aromatic N) is 2. The Kier molecular flexibility index (Phi) is 10.5. The van der Waals surface area contributed by atoms with Crippen LogP contribution in [0.3, 0.4) is 0 Å². The third kappa shape index (κ3) is 7.09. The highest BCUT2D eigenvalue weighted by Gasteiger charge is 2.36. The lowest BCUT2D eigenvalue weighted by molar-refractivity contribution is -0.147. The molecule has 0 aromatic carbocycles. The minimum Gasteiger partial charge on any atom is -0.481 e. The van der Waals surface area contributed by atoms with Crippen LogP contribution in [0.25, 0.3) is 39.3 Å². The first-order chi connectivity index (χ1) is 24.6. The smallest absolute Gasteiger partial charge is 0.338 e. The van der Waals surface area contributed by atoms with Crippen molar-refractivity contribution >= 4 is 69.1 Å². The summed E-state index contributed by atoms with van der Waals surface area (Å²) in [5.41, 5.74) is 8.17. The second-order valence-corrected chi connectivity index (χ2v) is 13.1. The lowest BCUT2D eigenvalue weighted by atomic mass is 9.84. The molecule has 5 heterocycles. The molecule has 14 heteroatoms. The van der Waals surface area contributed by atoms with E-state index < -0.39 is 60.5 Å². The van der Waals surface area contributed by atoms with Gasteiger partial charge < -0.3 is 35.7 Å². The predicted octanol–water partition coefficient (Wildman–Crippen LogP) is 5.49. The number of aromatic nitrogens is 4. The van der Waals surface area contributed by atoms with Crippen molar-refractivity contribution in [2.75, 3.05) is 0 Å². The van der Waals surface area contributed by atoms with Crippen LogP contribution >= 0.6 is 0 Å². The molecule has 2 aliphatic rings. The molecule has 0 fully saturated rings. The number of hydrogen-bond donors (Lipinski definition) is 7. The summed E-state index contributed by atoms with van der Waals surface area (Å²) in [7, 11) is 0. The van der Waals surface area contributed by atoms with Crippen LogP contribution in [0.4, 0.5) is 0 Å². The number of carbonyl (C=O) groups excluding carboxylic acids is 1. The Balaban J connectivity index is 1.84. The molecule has 3 atom stereocenters. The summed E-state index contributed by atoms with van der Waals surface area (Å²) in [5.74, 6) is -7.21. The molecule has 0 radical (unpaired) electrons. The van der Waals surface area contributed by atoms with Crippen molar-refractivity contribution in [2.24, 2.45) is 0 Å². The zero-order valence-corrected chi connectivity index (χ0v) is 29.5. The van der Waals surface area contributed by atoms with Crippen molar-refractivity contribution in [2.45, 2.75) is 84.6 Å². The number of aliphatic carboxylic acids is 4. The summed E-state index contributed by atoms with van der Waals surface area (Å²) in [6.45, 7) is 13.5. The zero-order valence-electron chi connectivity index (χ0n) is 29.5. The number of hydrogen-bond acceptors (Lipinski definition) is 7. The Labute approximate surface area is 298 Å². The van der Waals surface area contributed by atoms with E-state index in [1.54, 1.807) is 19.1 Å². The maximum absolute atomic E-state index is 13.0. The monoisotopic (exact) mass is 711 g/mol. The number of carboxylic acids is 4.